The minimum absolute atomic E-state index is 0.145. The van der Waals surface area contributed by atoms with Crippen molar-refractivity contribution >= 4 is 23.2 Å². The van der Waals surface area contributed by atoms with Gasteiger partial charge in [0.1, 0.15) is 5.69 Å². The van der Waals surface area contributed by atoms with Gasteiger partial charge in [-0.1, -0.05) is 23.8 Å². The Morgan fingerprint density at radius 1 is 1.27 bits per heavy atom. The van der Waals surface area contributed by atoms with Crippen LogP contribution in [-0.2, 0) is 11.2 Å². The largest absolute Gasteiger partial charge is 0.354 e. The molecule has 0 atom stereocenters. The number of hydrogen-bond acceptors (Lipinski definition) is 4. The number of aryl methyl sites for hydroxylation is 2. The van der Waals surface area contributed by atoms with Crippen LogP contribution in [0.25, 0.3) is 0 Å². The second kappa shape index (κ2) is 7.99. The summed E-state index contributed by atoms with van der Waals surface area (Å²) < 4.78 is 0. The molecule has 3 rings (SSSR count). The van der Waals surface area contributed by atoms with Gasteiger partial charge in [0, 0.05) is 31.4 Å². The Morgan fingerprint density at radius 2 is 2.00 bits per heavy atom. The van der Waals surface area contributed by atoms with Gasteiger partial charge in [0.25, 0.3) is 5.91 Å². The summed E-state index contributed by atoms with van der Waals surface area (Å²) in [6, 6.07) is 6.27. The van der Waals surface area contributed by atoms with Gasteiger partial charge in [0.2, 0.25) is 5.91 Å². The molecule has 2 amide bonds. The summed E-state index contributed by atoms with van der Waals surface area (Å²) in [6.07, 6.45) is 2.27. The van der Waals surface area contributed by atoms with E-state index in [0.717, 1.165) is 36.5 Å². The van der Waals surface area contributed by atoms with Crippen molar-refractivity contribution in [1.82, 2.24) is 15.2 Å². The van der Waals surface area contributed by atoms with Gasteiger partial charge in [-0.2, -0.15) is 0 Å². The highest BCUT2D eigenvalue weighted by molar-refractivity contribution is 7.09. The SMILES string of the molecule is CNC(=O)c1csc(C2CCN(C(=O)Cc3cc(C)ccc3C)CC2)n1. The number of amides is 2. The molecule has 1 N–H and O–H groups in total. The fourth-order valence-electron chi connectivity index (χ4n) is 3.35. The molecule has 2 aromatic rings. The summed E-state index contributed by atoms with van der Waals surface area (Å²) in [5.74, 6) is 0.388. The van der Waals surface area contributed by atoms with Gasteiger partial charge in [0.05, 0.1) is 11.4 Å². The van der Waals surface area contributed by atoms with Crippen molar-refractivity contribution in [2.75, 3.05) is 20.1 Å². The molecule has 5 nitrogen and oxygen atoms in total. The van der Waals surface area contributed by atoms with E-state index >= 15 is 0 Å². The van der Waals surface area contributed by atoms with Crippen LogP contribution < -0.4 is 5.32 Å². The Labute approximate surface area is 158 Å². The molecule has 0 radical (unpaired) electrons. The predicted molar refractivity (Wildman–Crippen MR) is 104 cm³/mol. The molecule has 1 aromatic carbocycles. The Balaban J connectivity index is 1.58. The number of thiazole rings is 1. The number of hydrogen-bond donors (Lipinski definition) is 1. The maximum absolute atomic E-state index is 12.7. The van der Waals surface area contributed by atoms with Crippen molar-refractivity contribution in [3.8, 4) is 0 Å². The first kappa shape index (κ1) is 18.6. The number of aromatic nitrogens is 1. The van der Waals surface area contributed by atoms with E-state index in [2.05, 4.69) is 42.3 Å². The molecule has 0 unspecified atom stereocenters. The zero-order chi connectivity index (χ0) is 18.7. The first-order chi connectivity index (χ1) is 12.5. The van der Waals surface area contributed by atoms with Crippen LogP contribution in [0.5, 0.6) is 0 Å². The molecular formula is C20H25N3O2S. The average Bonchev–Trinajstić information content (AvgIpc) is 3.14. The van der Waals surface area contributed by atoms with Gasteiger partial charge in [-0.05, 0) is 37.8 Å². The van der Waals surface area contributed by atoms with E-state index in [0.29, 0.717) is 18.0 Å². The minimum atomic E-state index is -0.145. The number of piperidine rings is 1. The van der Waals surface area contributed by atoms with Crippen molar-refractivity contribution < 1.29 is 9.59 Å². The number of benzene rings is 1. The van der Waals surface area contributed by atoms with E-state index in [1.165, 1.54) is 11.1 Å². The number of carbonyl (C=O) groups is 2. The van der Waals surface area contributed by atoms with Gasteiger partial charge in [-0.25, -0.2) is 4.98 Å². The van der Waals surface area contributed by atoms with E-state index in [-0.39, 0.29) is 11.8 Å². The van der Waals surface area contributed by atoms with E-state index in [9.17, 15) is 9.59 Å². The van der Waals surface area contributed by atoms with E-state index in [4.69, 9.17) is 0 Å². The summed E-state index contributed by atoms with van der Waals surface area (Å²) in [4.78, 5) is 30.8. The molecule has 0 aliphatic carbocycles. The van der Waals surface area contributed by atoms with Crippen molar-refractivity contribution in [1.29, 1.82) is 0 Å². The Kier molecular flexibility index (Phi) is 5.71. The van der Waals surface area contributed by atoms with Crippen LogP contribution in [0.1, 0.15) is 50.9 Å². The van der Waals surface area contributed by atoms with Crippen LogP contribution in [0.15, 0.2) is 23.6 Å². The van der Waals surface area contributed by atoms with Gasteiger partial charge < -0.3 is 10.2 Å². The molecule has 26 heavy (non-hydrogen) atoms. The van der Waals surface area contributed by atoms with Crippen LogP contribution in [0.4, 0.5) is 0 Å². The summed E-state index contributed by atoms with van der Waals surface area (Å²) in [5.41, 5.74) is 3.96. The summed E-state index contributed by atoms with van der Waals surface area (Å²) in [7, 11) is 1.61. The lowest BCUT2D eigenvalue weighted by Crippen LogP contribution is -2.38. The molecule has 1 aromatic heterocycles. The van der Waals surface area contributed by atoms with Gasteiger partial charge in [-0.3, -0.25) is 9.59 Å². The van der Waals surface area contributed by atoms with E-state index in [1.807, 2.05) is 10.3 Å². The highest BCUT2D eigenvalue weighted by Gasteiger charge is 2.26. The van der Waals surface area contributed by atoms with Crippen LogP contribution in [0.3, 0.4) is 0 Å². The van der Waals surface area contributed by atoms with E-state index < -0.39 is 0 Å². The maximum atomic E-state index is 12.7. The lowest BCUT2D eigenvalue weighted by atomic mass is 9.96. The molecule has 6 heteroatoms. The van der Waals surface area contributed by atoms with Gasteiger partial charge >= 0.3 is 0 Å². The topological polar surface area (TPSA) is 62.3 Å². The molecule has 0 bridgehead atoms. The summed E-state index contributed by atoms with van der Waals surface area (Å²) >= 11 is 1.54. The highest BCUT2D eigenvalue weighted by Crippen LogP contribution is 2.30. The lowest BCUT2D eigenvalue weighted by Gasteiger charge is -2.31. The number of carbonyl (C=O) groups excluding carboxylic acids is 2. The van der Waals surface area contributed by atoms with Crippen molar-refractivity contribution in [2.45, 2.75) is 39.0 Å². The van der Waals surface area contributed by atoms with Crippen molar-refractivity contribution in [3.63, 3.8) is 0 Å². The van der Waals surface area contributed by atoms with Crippen LogP contribution >= 0.6 is 11.3 Å². The highest BCUT2D eigenvalue weighted by atomic mass is 32.1. The molecular weight excluding hydrogens is 346 g/mol. The number of nitrogens with one attached hydrogen (secondary N) is 1. The molecule has 1 aliphatic heterocycles. The first-order valence-corrected chi connectivity index (χ1v) is 9.87. The second-order valence-corrected chi connectivity index (χ2v) is 7.80. The number of rotatable bonds is 4. The Bertz CT molecular complexity index is 807. The Morgan fingerprint density at radius 3 is 2.69 bits per heavy atom. The average molecular weight is 372 g/mol. The van der Waals surface area contributed by atoms with Crippen molar-refractivity contribution in [2.24, 2.45) is 0 Å². The zero-order valence-electron chi connectivity index (χ0n) is 15.5. The fourth-order valence-corrected chi connectivity index (χ4v) is 4.32. The second-order valence-electron chi connectivity index (χ2n) is 6.91. The molecule has 1 fully saturated rings. The van der Waals surface area contributed by atoms with Gasteiger partial charge in [0.15, 0.2) is 0 Å². The normalized spacial score (nSPS) is 15.1. The third-order valence-corrected chi connectivity index (χ3v) is 6.03. The fraction of sp³-hybridized carbons (Fsp3) is 0.450. The minimum Gasteiger partial charge on any atom is -0.354 e. The molecule has 138 valence electrons. The molecule has 0 spiro atoms. The predicted octanol–water partition coefficient (Wildman–Crippen LogP) is 3.07. The third-order valence-electron chi connectivity index (χ3n) is 5.02. The quantitative estimate of drug-likeness (QED) is 0.898. The van der Waals surface area contributed by atoms with Gasteiger partial charge in [-0.15, -0.1) is 11.3 Å². The lowest BCUT2D eigenvalue weighted by molar-refractivity contribution is -0.131. The summed E-state index contributed by atoms with van der Waals surface area (Å²) in [5, 5.41) is 5.42. The molecule has 2 heterocycles. The van der Waals surface area contributed by atoms with Crippen LogP contribution in [0.2, 0.25) is 0 Å². The van der Waals surface area contributed by atoms with E-state index in [1.54, 1.807) is 18.4 Å². The van der Waals surface area contributed by atoms with Crippen LogP contribution in [0, 0.1) is 13.8 Å². The molecule has 0 saturated carbocycles. The van der Waals surface area contributed by atoms with Crippen molar-refractivity contribution in [3.05, 3.63) is 51.0 Å². The molecule has 1 aliphatic rings. The zero-order valence-corrected chi connectivity index (χ0v) is 16.4. The molecule has 1 saturated heterocycles. The third kappa shape index (κ3) is 4.12. The monoisotopic (exact) mass is 371 g/mol. The Hall–Kier alpha value is -2.21. The summed E-state index contributed by atoms with van der Waals surface area (Å²) in [6.45, 7) is 5.62. The maximum Gasteiger partial charge on any atom is 0.270 e. The number of likely N-dealkylation sites (tertiary alicyclic amines) is 1. The first-order valence-electron chi connectivity index (χ1n) is 8.99. The number of nitrogens with zero attached hydrogens (tertiary/aromatic N) is 2. The standard InChI is InChI=1S/C20H25N3O2S/c1-13-4-5-14(2)16(10-13)11-18(24)23-8-6-15(7-9-23)20-22-17(12-26-20)19(25)21-3/h4-5,10,12,15H,6-9,11H2,1-3H3,(H,21,25). The smallest absolute Gasteiger partial charge is 0.270 e. The van der Waals surface area contributed by atoms with Crippen LogP contribution in [-0.4, -0.2) is 41.8 Å².